The van der Waals surface area contributed by atoms with Gasteiger partial charge in [-0.3, -0.25) is 4.79 Å². The minimum atomic E-state index is 0.168. The van der Waals surface area contributed by atoms with E-state index in [0.29, 0.717) is 5.39 Å². The molecule has 0 saturated carbocycles. The van der Waals surface area contributed by atoms with Gasteiger partial charge in [-0.1, -0.05) is 38.8 Å². The Balaban J connectivity index is 2.52. The Morgan fingerprint density at radius 3 is 2.42 bits per heavy atom. The second-order valence-electron chi connectivity index (χ2n) is 5.04. The molecule has 0 bridgehead atoms. The first-order chi connectivity index (χ1) is 9.27. The van der Waals surface area contributed by atoms with Gasteiger partial charge in [0.15, 0.2) is 5.43 Å². The molecule has 2 rings (SSSR count). The van der Waals surface area contributed by atoms with E-state index in [1.165, 1.54) is 0 Å². The smallest absolute Gasteiger partial charge is 0.196 e. The lowest BCUT2D eigenvalue weighted by atomic mass is 10.0. The molecular weight excluding hydrogens is 236 g/mol. The summed E-state index contributed by atoms with van der Waals surface area (Å²) in [4.78, 5) is 12.6. The highest BCUT2D eigenvalue weighted by molar-refractivity contribution is 5.77. The van der Waals surface area contributed by atoms with E-state index in [4.69, 9.17) is 4.42 Å². The van der Waals surface area contributed by atoms with E-state index in [1.54, 1.807) is 0 Å². The highest BCUT2D eigenvalue weighted by Crippen LogP contribution is 2.19. The molecule has 0 atom stereocenters. The number of unbranched alkanes of at least 4 members (excludes halogenated alkanes) is 2. The molecule has 19 heavy (non-hydrogen) atoms. The number of rotatable bonds is 6. The third-order valence-corrected chi connectivity index (χ3v) is 3.51. The molecule has 1 aromatic carbocycles. The molecule has 0 saturated heterocycles. The first kappa shape index (κ1) is 13.9. The summed E-state index contributed by atoms with van der Waals surface area (Å²) in [6, 6.07) is 7.56. The Kier molecular flexibility index (Phi) is 4.78. The number of aryl methyl sites for hydroxylation is 1. The van der Waals surface area contributed by atoms with Gasteiger partial charge in [0.1, 0.15) is 11.3 Å². The van der Waals surface area contributed by atoms with Crippen molar-refractivity contribution >= 4 is 11.0 Å². The molecule has 0 amide bonds. The molecule has 0 aliphatic carbocycles. The number of hydrogen-bond acceptors (Lipinski definition) is 2. The predicted molar refractivity (Wildman–Crippen MR) is 79.7 cm³/mol. The van der Waals surface area contributed by atoms with Crippen molar-refractivity contribution in [2.24, 2.45) is 0 Å². The zero-order valence-corrected chi connectivity index (χ0v) is 11.9. The maximum atomic E-state index is 12.6. The van der Waals surface area contributed by atoms with Gasteiger partial charge in [0.2, 0.25) is 0 Å². The summed E-state index contributed by atoms with van der Waals surface area (Å²) in [6.45, 7) is 4.30. The Morgan fingerprint density at radius 2 is 1.68 bits per heavy atom. The summed E-state index contributed by atoms with van der Waals surface area (Å²) in [6.07, 6.45) is 6.03. The molecule has 0 radical (unpaired) electrons. The molecule has 0 unspecified atom stereocenters. The van der Waals surface area contributed by atoms with E-state index in [0.717, 1.165) is 55.4 Å². The topological polar surface area (TPSA) is 30.2 Å². The van der Waals surface area contributed by atoms with Crippen molar-refractivity contribution in [1.82, 2.24) is 0 Å². The molecule has 0 fully saturated rings. The minimum absolute atomic E-state index is 0.168. The molecule has 2 aromatic rings. The van der Waals surface area contributed by atoms with Crippen LogP contribution in [0.4, 0.5) is 0 Å². The van der Waals surface area contributed by atoms with Gasteiger partial charge in [0.05, 0.1) is 5.39 Å². The highest BCUT2D eigenvalue weighted by atomic mass is 16.3. The largest absolute Gasteiger partial charge is 0.461 e. The zero-order chi connectivity index (χ0) is 13.7. The van der Waals surface area contributed by atoms with Gasteiger partial charge < -0.3 is 4.42 Å². The molecule has 1 aromatic heterocycles. The van der Waals surface area contributed by atoms with E-state index >= 15 is 0 Å². The van der Waals surface area contributed by atoms with Gasteiger partial charge in [-0.15, -0.1) is 0 Å². The van der Waals surface area contributed by atoms with E-state index in [1.807, 2.05) is 24.3 Å². The molecule has 0 N–H and O–H groups in total. The molecule has 0 aliphatic heterocycles. The van der Waals surface area contributed by atoms with Crippen molar-refractivity contribution in [3.8, 4) is 0 Å². The Hall–Kier alpha value is -1.57. The predicted octanol–water partition coefficient (Wildman–Crippen LogP) is 4.48. The maximum Gasteiger partial charge on any atom is 0.196 e. The quantitative estimate of drug-likeness (QED) is 0.764. The lowest BCUT2D eigenvalue weighted by Gasteiger charge is -2.09. The van der Waals surface area contributed by atoms with Crippen LogP contribution < -0.4 is 5.43 Å². The second kappa shape index (κ2) is 6.55. The van der Waals surface area contributed by atoms with Gasteiger partial charge in [0.25, 0.3) is 0 Å². The molecule has 0 aliphatic rings. The van der Waals surface area contributed by atoms with E-state index in [-0.39, 0.29) is 5.43 Å². The summed E-state index contributed by atoms with van der Waals surface area (Å²) in [5.41, 5.74) is 1.79. The summed E-state index contributed by atoms with van der Waals surface area (Å²) in [7, 11) is 0. The van der Waals surface area contributed by atoms with Gasteiger partial charge in [-0.2, -0.15) is 0 Å². The van der Waals surface area contributed by atoms with Crippen LogP contribution in [-0.4, -0.2) is 0 Å². The summed E-state index contributed by atoms with van der Waals surface area (Å²) >= 11 is 0. The van der Waals surface area contributed by atoms with E-state index < -0.39 is 0 Å². The molecule has 2 heteroatoms. The molecule has 2 nitrogen and oxygen atoms in total. The van der Waals surface area contributed by atoms with Crippen molar-refractivity contribution in [3.05, 3.63) is 45.8 Å². The van der Waals surface area contributed by atoms with Crippen LogP contribution in [0.5, 0.6) is 0 Å². The molecular formula is C17H22O2. The average molecular weight is 258 g/mol. The van der Waals surface area contributed by atoms with Crippen LogP contribution in [0.15, 0.2) is 33.5 Å². The fraction of sp³-hybridized carbons (Fsp3) is 0.471. The zero-order valence-electron chi connectivity index (χ0n) is 11.9. The summed E-state index contributed by atoms with van der Waals surface area (Å²) < 4.78 is 5.97. The van der Waals surface area contributed by atoms with Crippen LogP contribution in [0.25, 0.3) is 11.0 Å². The van der Waals surface area contributed by atoms with Gasteiger partial charge in [-0.25, -0.2) is 0 Å². The van der Waals surface area contributed by atoms with Crippen LogP contribution in [0, 0.1) is 0 Å². The van der Waals surface area contributed by atoms with Crippen LogP contribution in [0.1, 0.15) is 50.9 Å². The van der Waals surface area contributed by atoms with Crippen LogP contribution in [0.2, 0.25) is 0 Å². The van der Waals surface area contributed by atoms with Gasteiger partial charge in [-0.05, 0) is 31.4 Å². The van der Waals surface area contributed by atoms with E-state index in [9.17, 15) is 4.79 Å². The molecule has 0 spiro atoms. The van der Waals surface area contributed by atoms with E-state index in [2.05, 4.69) is 13.8 Å². The van der Waals surface area contributed by atoms with Gasteiger partial charge in [0, 0.05) is 12.0 Å². The first-order valence-electron chi connectivity index (χ1n) is 7.31. The second-order valence-corrected chi connectivity index (χ2v) is 5.04. The number of hydrogen-bond donors (Lipinski definition) is 0. The third-order valence-electron chi connectivity index (χ3n) is 3.51. The SMILES string of the molecule is CCCCc1oc2ccccc2c(=O)c1CCCC. The minimum Gasteiger partial charge on any atom is -0.461 e. The Labute approximate surface area is 114 Å². The van der Waals surface area contributed by atoms with Gasteiger partial charge >= 0.3 is 0 Å². The number of para-hydroxylation sites is 1. The van der Waals surface area contributed by atoms with Crippen molar-refractivity contribution in [2.45, 2.75) is 52.4 Å². The van der Waals surface area contributed by atoms with Crippen LogP contribution in [0.3, 0.4) is 0 Å². The normalized spacial score (nSPS) is 11.1. The first-order valence-corrected chi connectivity index (χ1v) is 7.31. The maximum absolute atomic E-state index is 12.6. The number of fused-ring (bicyclic) bond motifs is 1. The Morgan fingerprint density at radius 1 is 1.00 bits per heavy atom. The monoisotopic (exact) mass is 258 g/mol. The lowest BCUT2D eigenvalue weighted by molar-refractivity contribution is 0.511. The van der Waals surface area contributed by atoms with Crippen LogP contribution in [-0.2, 0) is 12.8 Å². The summed E-state index contributed by atoms with van der Waals surface area (Å²) in [5.74, 6) is 0.902. The fourth-order valence-electron chi connectivity index (χ4n) is 2.37. The lowest BCUT2D eigenvalue weighted by Crippen LogP contribution is -2.13. The molecule has 1 heterocycles. The summed E-state index contributed by atoms with van der Waals surface area (Å²) in [5, 5.41) is 0.717. The average Bonchev–Trinajstić information content (AvgIpc) is 2.44. The van der Waals surface area contributed by atoms with Crippen molar-refractivity contribution < 1.29 is 4.42 Å². The van der Waals surface area contributed by atoms with Crippen molar-refractivity contribution in [2.75, 3.05) is 0 Å². The number of benzene rings is 1. The Bertz CT molecular complexity index is 596. The molecule has 102 valence electrons. The third kappa shape index (κ3) is 3.06. The van der Waals surface area contributed by atoms with Crippen molar-refractivity contribution in [3.63, 3.8) is 0 Å². The van der Waals surface area contributed by atoms with Crippen molar-refractivity contribution in [1.29, 1.82) is 0 Å². The highest BCUT2D eigenvalue weighted by Gasteiger charge is 2.13. The fourth-order valence-corrected chi connectivity index (χ4v) is 2.37. The van der Waals surface area contributed by atoms with Crippen LogP contribution >= 0.6 is 0 Å². The standard InChI is InChI=1S/C17H22O2/c1-3-5-9-13-15(11-6-4-2)19-16-12-8-7-10-14(16)17(13)18/h7-8,10,12H,3-6,9,11H2,1-2H3.